The second kappa shape index (κ2) is 5.32. The highest BCUT2D eigenvalue weighted by atomic mass is 35.5. The first-order valence-corrected chi connectivity index (χ1v) is 6.18. The number of hydrogen-bond donors (Lipinski definition) is 1. The highest BCUT2D eigenvalue weighted by molar-refractivity contribution is 6.30. The second-order valence-electron chi connectivity index (χ2n) is 4.39. The van der Waals surface area contributed by atoms with E-state index in [1.807, 2.05) is 0 Å². The van der Waals surface area contributed by atoms with Crippen LogP contribution in [0.15, 0.2) is 36.4 Å². The first kappa shape index (κ1) is 12.8. The average molecular weight is 262 g/mol. The zero-order valence-corrected chi connectivity index (χ0v) is 11.3. The van der Waals surface area contributed by atoms with Crippen LogP contribution in [0.4, 0.5) is 5.69 Å². The van der Waals surface area contributed by atoms with Crippen LogP contribution in [-0.2, 0) is 6.61 Å². The molecule has 0 spiro atoms. The van der Waals surface area contributed by atoms with Crippen LogP contribution in [0.1, 0.15) is 16.7 Å². The fourth-order valence-electron chi connectivity index (χ4n) is 1.69. The number of anilines is 1. The van der Waals surface area contributed by atoms with E-state index in [1.54, 1.807) is 18.2 Å². The summed E-state index contributed by atoms with van der Waals surface area (Å²) in [6.07, 6.45) is 0. The lowest BCUT2D eigenvalue weighted by atomic mass is 10.1. The third-order valence-corrected chi connectivity index (χ3v) is 3.18. The van der Waals surface area contributed by atoms with Crippen LogP contribution in [0.3, 0.4) is 0 Å². The molecule has 0 aliphatic carbocycles. The van der Waals surface area contributed by atoms with Crippen molar-refractivity contribution in [1.82, 2.24) is 0 Å². The molecule has 94 valence electrons. The zero-order valence-electron chi connectivity index (χ0n) is 10.5. The van der Waals surface area contributed by atoms with E-state index in [-0.39, 0.29) is 0 Å². The van der Waals surface area contributed by atoms with Gasteiger partial charge in [-0.1, -0.05) is 29.8 Å². The Morgan fingerprint density at radius 2 is 1.83 bits per heavy atom. The van der Waals surface area contributed by atoms with Gasteiger partial charge in [0, 0.05) is 11.1 Å². The van der Waals surface area contributed by atoms with Crippen molar-refractivity contribution in [3.63, 3.8) is 0 Å². The van der Waals surface area contributed by atoms with Crippen LogP contribution < -0.4 is 10.5 Å². The van der Waals surface area contributed by atoms with Gasteiger partial charge in [0.2, 0.25) is 0 Å². The van der Waals surface area contributed by atoms with Gasteiger partial charge >= 0.3 is 0 Å². The number of nitrogens with two attached hydrogens (primary N) is 1. The molecule has 0 bridgehead atoms. The lowest BCUT2D eigenvalue weighted by Crippen LogP contribution is -1.99. The Morgan fingerprint density at radius 3 is 2.56 bits per heavy atom. The first-order valence-electron chi connectivity index (χ1n) is 5.80. The van der Waals surface area contributed by atoms with Gasteiger partial charge in [-0.25, -0.2) is 0 Å². The van der Waals surface area contributed by atoms with Crippen molar-refractivity contribution in [1.29, 1.82) is 0 Å². The molecular formula is C15H16ClNO. The lowest BCUT2D eigenvalue weighted by molar-refractivity contribution is 0.308. The molecule has 0 saturated carbocycles. The van der Waals surface area contributed by atoms with Crippen LogP contribution >= 0.6 is 11.6 Å². The number of benzene rings is 2. The summed E-state index contributed by atoms with van der Waals surface area (Å²) in [7, 11) is 0. The second-order valence-corrected chi connectivity index (χ2v) is 4.83. The van der Waals surface area contributed by atoms with Crippen molar-refractivity contribution in [3.05, 3.63) is 58.1 Å². The van der Waals surface area contributed by atoms with Crippen molar-refractivity contribution in [2.75, 3.05) is 5.73 Å². The lowest BCUT2D eigenvalue weighted by Gasteiger charge is -2.10. The van der Waals surface area contributed by atoms with E-state index in [2.05, 4.69) is 32.0 Å². The largest absolute Gasteiger partial charge is 0.487 e. The quantitative estimate of drug-likeness (QED) is 0.844. The molecule has 18 heavy (non-hydrogen) atoms. The summed E-state index contributed by atoms with van der Waals surface area (Å²) >= 11 is 5.91. The topological polar surface area (TPSA) is 35.2 Å². The molecule has 2 rings (SSSR count). The van der Waals surface area contributed by atoms with Crippen LogP contribution in [0, 0.1) is 13.8 Å². The number of nitrogen functional groups attached to an aromatic ring is 1. The number of rotatable bonds is 3. The summed E-state index contributed by atoms with van der Waals surface area (Å²) in [6.45, 7) is 4.67. The summed E-state index contributed by atoms with van der Waals surface area (Å²) in [5, 5.41) is 0.624. The van der Waals surface area contributed by atoms with Crippen LogP contribution in [-0.4, -0.2) is 0 Å². The Labute approximate surface area is 112 Å². The maximum absolute atomic E-state index is 5.91. The SMILES string of the molecule is Cc1ccc(COc2cc(Cl)ccc2N)cc1C. The molecule has 3 heteroatoms. The third-order valence-electron chi connectivity index (χ3n) is 2.94. The minimum atomic E-state index is 0.492. The van der Waals surface area contributed by atoms with Gasteiger partial charge < -0.3 is 10.5 Å². The van der Waals surface area contributed by atoms with Crippen LogP contribution in [0.2, 0.25) is 5.02 Å². The van der Waals surface area contributed by atoms with E-state index in [4.69, 9.17) is 22.1 Å². The Kier molecular flexibility index (Phi) is 3.78. The molecule has 2 nitrogen and oxygen atoms in total. The van der Waals surface area contributed by atoms with Gasteiger partial charge in [0.25, 0.3) is 0 Å². The van der Waals surface area contributed by atoms with E-state index in [0.717, 1.165) is 5.56 Å². The maximum Gasteiger partial charge on any atom is 0.144 e. The number of ether oxygens (including phenoxy) is 1. The van der Waals surface area contributed by atoms with Gasteiger partial charge in [0.05, 0.1) is 5.69 Å². The molecule has 2 aromatic rings. The van der Waals surface area contributed by atoms with E-state index < -0.39 is 0 Å². The van der Waals surface area contributed by atoms with Crippen molar-refractivity contribution in [2.45, 2.75) is 20.5 Å². The van der Waals surface area contributed by atoms with Crippen molar-refractivity contribution < 1.29 is 4.74 Å². The van der Waals surface area contributed by atoms with E-state index in [1.165, 1.54) is 11.1 Å². The molecule has 0 amide bonds. The third kappa shape index (κ3) is 2.96. The van der Waals surface area contributed by atoms with E-state index >= 15 is 0 Å². The molecule has 0 aliphatic rings. The number of aryl methyl sites for hydroxylation is 2. The Bertz CT molecular complexity index is 566. The number of hydrogen-bond acceptors (Lipinski definition) is 2. The molecule has 0 fully saturated rings. The molecule has 0 unspecified atom stereocenters. The number of halogens is 1. The summed E-state index contributed by atoms with van der Waals surface area (Å²) in [5.41, 5.74) is 10.1. The average Bonchev–Trinajstić information content (AvgIpc) is 2.34. The summed E-state index contributed by atoms with van der Waals surface area (Å²) in [5.74, 6) is 0.626. The fourth-order valence-corrected chi connectivity index (χ4v) is 1.85. The highest BCUT2D eigenvalue weighted by Gasteiger charge is 2.03. The fraction of sp³-hybridized carbons (Fsp3) is 0.200. The van der Waals surface area contributed by atoms with E-state index in [9.17, 15) is 0 Å². The van der Waals surface area contributed by atoms with Gasteiger partial charge in [-0.2, -0.15) is 0 Å². The molecule has 0 saturated heterocycles. The van der Waals surface area contributed by atoms with Gasteiger partial charge in [-0.15, -0.1) is 0 Å². The molecule has 0 aromatic heterocycles. The Balaban J connectivity index is 2.11. The molecule has 0 atom stereocenters. The predicted octanol–water partition coefficient (Wildman–Crippen LogP) is 4.12. The summed E-state index contributed by atoms with van der Waals surface area (Å²) in [6, 6.07) is 11.5. The van der Waals surface area contributed by atoms with E-state index in [0.29, 0.717) is 23.1 Å². The molecular weight excluding hydrogens is 246 g/mol. The summed E-state index contributed by atoms with van der Waals surface area (Å²) < 4.78 is 5.69. The Morgan fingerprint density at radius 1 is 1.06 bits per heavy atom. The molecule has 2 N–H and O–H groups in total. The van der Waals surface area contributed by atoms with Crippen molar-refractivity contribution in [3.8, 4) is 5.75 Å². The molecule has 2 aromatic carbocycles. The Hall–Kier alpha value is -1.67. The smallest absolute Gasteiger partial charge is 0.144 e. The van der Waals surface area contributed by atoms with Gasteiger partial charge in [0.1, 0.15) is 12.4 Å². The van der Waals surface area contributed by atoms with Gasteiger partial charge in [-0.05, 0) is 42.7 Å². The zero-order chi connectivity index (χ0) is 13.1. The summed E-state index contributed by atoms with van der Waals surface area (Å²) in [4.78, 5) is 0. The van der Waals surface area contributed by atoms with Gasteiger partial charge in [0.15, 0.2) is 0 Å². The normalized spacial score (nSPS) is 10.4. The monoisotopic (exact) mass is 261 g/mol. The van der Waals surface area contributed by atoms with Crippen LogP contribution in [0.5, 0.6) is 5.75 Å². The predicted molar refractivity (Wildman–Crippen MR) is 76.1 cm³/mol. The first-order chi connectivity index (χ1) is 8.56. The van der Waals surface area contributed by atoms with Crippen LogP contribution in [0.25, 0.3) is 0 Å². The molecule has 0 radical (unpaired) electrons. The minimum absolute atomic E-state index is 0.492. The van der Waals surface area contributed by atoms with Crippen molar-refractivity contribution in [2.24, 2.45) is 0 Å². The molecule has 0 heterocycles. The van der Waals surface area contributed by atoms with Gasteiger partial charge in [-0.3, -0.25) is 0 Å². The molecule has 0 aliphatic heterocycles. The standard InChI is InChI=1S/C15H16ClNO/c1-10-3-4-12(7-11(10)2)9-18-15-8-13(16)5-6-14(15)17/h3-8H,9,17H2,1-2H3. The van der Waals surface area contributed by atoms with Crippen molar-refractivity contribution >= 4 is 17.3 Å². The highest BCUT2D eigenvalue weighted by Crippen LogP contribution is 2.26. The maximum atomic E-state index is 5.91. The minimum Gasteiger partial charge on any atom is -0.487 e.